The van der Waals surface area contributed by atoms with Crippen LogP contribution < -0.4 is 18.4 Å². The smallest absolute Gasteiger partial charge is 0.132 e. The molecular weight excluding hydrogens is 500 g/mol. The number of quaternary nitrogens is 2. The van der Waals surface area contributed by atoms with Gasteiger partial charge in [-0.05, 0) is 60.7 Å². The summed E-state index contributed by atoms with van der Waals surface area (Å²) >= 11 is 0. The summed E-state index contributed by atoms with van der Waals surface area (Å²) in [6, 6.07) is 31.2. The van der Waals surface area contributed by atoms with Crippen molar-refractivity contribution in [3.8, 4) is 23.0 Å². The van der Waals surface area contributed by atoms with Gasteiger partial charge in [-0.1, -0.05) is 18.2 Å². The Hall–Kier alpha value is -3.69. The summed E-state index contributed by atoms with van der Waals surface area (Å²) in [6.07, 6.45) is 0. The second kappa shape index (κ2) is 11.8. The van der Waals surface area contributed by atoms with Crippen molar-refractivity contribution in [1.29, 1.82) is 0 Å². The van der Waals surface area contributed by atoms with E-state index in [0.717, 1.165) is 32.0 Å². The fourth-order valence-electron chi connectivity index (χ4n) is 3.36. The summed E-state index contributed by atoms with van der Waals surface area (Å²) in [5.41, 5.74) is 2.46. The van der Waals surface area contributed by atoms with Crippen LogP contribution in [0, 0.1) is 0 Å². The van der Waals surface area contributed by atoms with Gasteiger partial charge in [0.2, 0.25) is 0 Å². The molecule has 8 heteroatoms. The number of ether oxygens (including phenoxy) is 2. The van der Waals surface area contributed by atoms with Crippen molar-refractivity contribution in [3.05, 3.63) is 103 Å². The van der Waals surface area contributed by atoms with E-state index in [1.54, 1.807) is 6.07 Å². The van der Waals surface area contributed by atoms with Gasteiger partial charge < -0.3 is 14.0 Å². The Morgan fingerprint density at radius 2 is 0.789 bits per heavy atom. The van der Waals surface area contributed by atoms with Gasteiger partial charge in [-0.15, -0.1) is 0 Å². The Morgan fingerprint density at radius 3 is 1.03 bits per heavy atom. The average Bonchev–Trinajstić information content (AvgIpc) is 2.85. The SMILES string of the molecule is C[N+](C)(C)c1ccc(Oc2ccc(Oc3ccc([N+](C)(C)C)cc3)cc2)cc1.O=S(=O)([O-])c1ccccc1. The summed E-state index contributed by atoms with van der Waals surface area (Å²) in [7, 11) is 8.61. The monoisotopic (exact) mass is 535 g/mol. The van der Waals surface area contributed by atoms with Crippen LogP contribution in [0.5, 0.6) is 23.0 Å². The number of hydrogen-bond donors (Lipinski definition) is 0. The van der Waals surface area contributed by atoms with Crippen molar-refractivity contribution in [2.75, 3.05) is 42.3 Å². The molecule has 0 aliphatic rings. The van der Waals surface area contributed by atoms with Gasteiger partial charge in [0, 0.05) is 24.3 Å². The third-order valence-corrected chi connectivity index (χ3v) is 6.40. The Balaban J connectivity index is 0.000000336. The Labute approximate surface area is 226 Å². The molecule has 4 aromatic carbocycles. The maximum Gasteiger partial charge on any atom is 0.132 e. The van der Waals surface area contributed by atoms with Crippen molar-refractivity contribution in [3.63, 3.8) is 0 Å². The van der Waals surface area contributed by atoms with Crippen LogP contribution in [0.4, 0.5) is 11.4 Å². The summed E-state index contributed by atoms with van der Waals surface area (Å²) in [6.45, 7) is 0. The summed E-state index contributed by atoms with van der Waals surface area (Å²) in [5, 5.41) is 0. The molecule has 0 unspecified atom stereocenters. The molecule has 7 nitrogen and oxygen atoms in total. The zero-order chi connectivity index (χ0) is 28.0. The molecule has 0 amide bonds. The number of benzene rings is 4. The largest absolute Gasteiger partial charge is 0.744 e. The van der Waals surface area contributed by atoms with Crippen molar-refractivity contribution in [2.45, 2.75) is 4.90 Å². The van der Waals surface area contributed by atoms with Crippen molar-refractivity contribution < 1.29 is 22.4 Å². The molecule has 0 radical (unpaired) electrons. The molecule has 0 bridgehead atoms. The van der Waals surface area contributed by atoms with Crippen LogP contribution in [-0.2, 0) is 10.1 Å². The first-order valence-corrected chi connectivity index (χ1v) is 13.4. The number of hydrogen-bond acceptors (Lipinski definition) is 5. The molecule has 0 atom stereocenters. The minimum atomic E-state index is -4.25. The highest BCUT2D eigenvalue weighted by molar-refractivity contribution is 7.85. The normalized spacial score (nSPS) is 11.8. The van der Waals surface area contributed by atoms with Gasteiger partial charge in [-0.3, -0.25) is 8.97 Å². The molecule has 0 aliphatic heterocycles. The van der Waals surface area contributed by atoms with Crippen molar-refractivity contribution in [2.24, 2.45) is 0 Å². The molecule has 38 heavy (non-hydrogen) atoms. The summed E-state index contributed by atoms with van der Waals surface area (Å²) < 4.78 is 44.3. The molecule has 0 saturated carbocycles. The van der Waals surface area contributed by atoms with Gasteiger partial charge in [-0.2, -0.15) is 0 Å². The highest BCUT2D eigenvalue weighted by Crippen LogP contribution is 2.29. The van der Waals surface area contributed by atoms with E-state index in [-0.39, 0.29) is 4.90 Å². The fraction of sp³-hybridized carbons (Fsp3) is 0.200. The molecule has 0 spiro atoms. The van der Waals surface area contributed by atoms with E-state index in [2.05, 4.69) is 66.6 Å². The van der Waals surface area contributed by atoms with E-state index < -0.39 is 10.1 Å². The maximum absolute atomic E-state index is 10.3. The first kappa shape index (κ1) is 28.9. The van der Waals surface area contributed by atoms with Gasteiger partial charge >= 0.3 is 0 Å². The van der Waals surface area contributed by atoms with Crippen LogP contribution in [0.1, 0.15) is 0 Å². The minimum absolute atomic E-state index is 0.185. The van der Waals surface area contributed by atoms with E-state index in [9.17, 15) is 13.0 Å². The lowest BCUT2D eigenvalue weighted by Crippen LogP contribution is -2.34. The lowest BCUT2D eigenvalue weighted by Gasteiger charge is -2.23. The molecule has 0 aromatic heterocycles. The Morgan fingerprint density at radius 1 is 0.500 bits per heavy atom. The molecule has 0 aliphatic carbocycles. The van der Waals surface area contributed by atoms with Gasteiger partial charge in [0.1, 0.15) is 44.5 Å². The van der Waals surface area contributed by atoms with Gasteiger partial charge in [0.05, 0.1) is 47.2 Å². The molecule has 4 rings (SSSR count). The van der Waals surface area contributed by atoms with Gasteiger partial charge in [0.25, 0.3) is 0 Å². The van der Waals surface area contributed by atoms with Crippen LogP contribution >= 0.6 is 0 Å². The second-order valence-corrected chi connectivity index (χ2v) is 11.8. The molecule has 0 heterocycles. The molecule has 0 fully saturated rings. The average molecular weight is 536 g/mol. The molecule has 0 saturated heterocycles. The first-order valence-electron chi connectivity index (χ1n) is 12.0. The first-order chi connectivity index (χ1) is 17.7. The highest BCUT2D eigenvalue weighted by atomic mass is 32.2. The number of rotatable bonds is 7. The maximum atomic E-state index is 10.3. The van der Waals surface area contributed by atoms with Crippen LogP contribution in [0.15, 0.2) is 108 Å². The van der Waals surface area contributed by atoms with Crippen LogP contribution in [0.3, 0.4) is 0 Å². The molecule has 200 valence electrons. The van der Waals surface area contributed by atoms with E-state index in [1.807, 2.05) is 48.5 Å². The summed E-state index contributed by atoms with van der Waals surface area (Å²) in [4.78, 5) is -0.185. The molecule has 0 N–H and O–H groups in total. The number of nitrogens with zero attached hydrogens (tertiary/aromatic N) is 2. The van der Waals surface area contributed by atoms with Gasteiger partial charge in [0.15, 0.2) is 0 Å². The zero-order valence-corrected chi connectivity index (χ0v) is 23.5. The van der Waals surface area contributed by atoms with E-state index >= 15 is 0 Å². The quantitative estimate of drug-likeness (QED) is 0.206. The van der Waals surface area contributed by atoms with Gasteiger partial charge in [-0.25, -0.2) is 8.42 Å². The molecular formula is C30H35N2O5S+. The van der Waals surface area contributed by atoms with E-state index in [4.69, 9.17) is 9.47 Å². The summed E-state index contributed by atoms with van der Waals surface area (Å²) in [5.74, 6) is 3.21. The van der Waals surface area contributed by atoms with E-state index in [0.29, 0.717) is 0 Å². The highest BCUT2D eigenvalue weighted by Gasteiger charge is 2.12. The Bertz CT molecular complexity index is 1330. The van der Waals surface area contributed by atoms with Crippen LogP contribution in [-0.4, -0.2) is 55.3 Å². The van der Waals surface area contributed by atoms with Crippen LogP contribution in [0.2, 0.25) is 0 Å². The third-order valence-electron chi connectivity index (χ3n) is 5.55. The topological polar surface area (TPSA) is 75.7 Å². The lowest BCUT2D eigenvalue weighted by molar-refractivity contribution is 0.463. The zero-order valence-electron chi connectivity index (χ0n) is 22.7. The third kappa shape index (κ3) is 8.71. The minimum Gasteiger partial charge on any atom is -0.744 e. The lowest BCUT2D eigenvalue weighted by atomic mass is 10.2. The van der Waals surface area contributed by atoms with Crippen molar-refractivity contribution in [1.82, 2.24) is 8.97 Å². The predicted octanol–water partition coefficient (Wildman–Crippen LogP) is 6.26. The second-order valence-electron chi connectivity index (χ2n) is 10.5. The van der Waals surface area contributed by atoms with Crippen molar-refractivity contribution >= 4 is 21.5 Å². The van der Waals surface area contributed by atoms with E-state index in [1.165, 1.54) is 35.6 Å². The van der Waals surface area contributed by atoms with Crippen LogP contribution in [0.25, 0.3) is 0 Å². The fourth-order valence-corrected chi connectivity index (χ4v) is 3.85. The standard InChI is InChI=1S/C24H30N2O2.C6H6O3S/c1-25(2,3)19-7-11-21(12-8-19)27-23-15-17-24(18-16-23)28-22-13-9-20(10-14-22)26(4,5)6;7-10(8,9)6-4-2-1-3-5-6/h7-18H,1-6H3;1-5H,(H,7,8,9)/q+2;/p-1. The predicted molar refractivity (Wildman–Crippen MR) is 153 cm³/mol. The molecule has 4 aromatic rings. The Kier molecular flexibility index (Phi) is 8.96.